The highest BCUT2D eigenvalue weighted by atomic mass is 15.1. The molecule has 3 heteroatoms. The number of hydrogen-bond acceptors (Lipinski definition) is 2. The van der Waals surface area contributed by atoms with Gasteiger partial charge >= 0.3 is 0 Å². The molecule has 0 bridgehead atoms. The maximum Gasteiger partial charge on any atom is 0.0672 e. The number of nitrogens with zero attached hydrogens (tertiary/aromatic N) is 1. The molecule has 0 atom stereocenters. The van der Waals surface area contributed by atoms with Crippen LogP contribution in [0.3, 0.4) is 0 Å². The van der Waals surface area contributed by atoms with Crippen molar-refractivity contribution in [1.82, 2.24) is 15.5 Å². The molecule has 0 saturated heterocycles. The van der Waals surface area contributed by atoms with Crippen molar-refractivity contribution < 1.29 is 0 Å². The second-order valence-corrected chi connectivity index (χ2v) is 5.26. The minimum Gasteiger partial charge on any atom is -0.312 e. The molecule has 1 fully saturated rings. The molecule has 0 radical (unpaired) electrons. The molecule has 0 aromatic carbocycles. The minimum absolute atomic E-state index is 0.892. The zero-order valence-corrected chi connectivity index (χ0v) is 9.89. The van der Waals surface area contributed by atoms with Crippen molar-refractivity contribution in [3.05, 3.63) is 17.0 Å². The molecular weight excluding hydrogens is 198 g/mol. The van der Waals surface area contributed by atoms with Crippen molar-refractivity contribution in [3.63, 3.8) is 0 Å². The van der Waals surface area contributed by atoms with E-state index in [1.54, 1.807) is 0 Å². The van der Waals surface area contributed by atoms with E-state index in [0.29, 0.717) is 0 Å². The van der Waals surface area contributed by atoms with Crippen molar-refractivity contribution >= 4 is 0 Å². The van der Waals surface area contributed by atoms with Crippen molar-refractivity contribution in [1.29, 1.82) is 0 Å². The highest BCUT2D eigenvalue weighted by Gasteiger charge is 2.20. The Kier molecular flexibility index (Phi) is 2.96. The fraction of sp³-hybridized carbons (Fsp3) is 0.769. The number of aromatic amines is 1. The first kappa shape index (κ1) is 10.3. The molecule has 3 rings (SSSR count). The lowest BCUT2D eigenvalue weighted by Gasteiger charge is -2.21. The van der Waals surface area contributed by atoms with Crippen LogP contribution in [0.4, 0.5) is 0 Å². The van der Waals surface area contributed by atoms with Gasteiger partial charge in [-0.3, -0.25) is 5.10 Å². The summed E-state index contributed by atoms with van der Waals surface area (Å²) in [5, 5.41) is 11.2. The summed E-state index contributed by atoms with van der Waals surface area (Å²) in [6.07, 6.45) is 9.44. The molecule has 0 amide bonds. The number of H-pyrrole nitrogens is 1. The molecular formula is C13H21N3. The normalized spacial score (nSPS) is 22.0. The second-order valence-electron chi connectivity index (χ2n) is 5.26. The van der Waals surface area contributed by atoms with Crippen LogP contribution in [0.1, 0.15) is 49.1 Å². The monoisotopic (exact) mass is 219 g/mol. The largest absolute Gasteiger partial charge is 0.312 e. The molecule has 1 aliphatic heterocycles. The highest BCUT2D eigenvalue weighted by Crippen LogP contribution is 2.28. The van der Waals surface area contributed by atoms with E-state index < -0.39 is 0 Å². The summed E-state index contributed by atoms with van der Waals surface area (Å²) in [6, 6.07) is 0. The molecule has 3 nitrogen and oxygen atoms in total. The van der Waals surface area contributed by atoms with Gasteiger partial charge in [0.25, 0.3) is 0 Å². The van der Waals surface area contributed by atoms with E-state index in [2.05, 4.69) is 15.5 Å². The van der Waals surface area contributed by atoms with Crippen LogP contribution in [0.2, 0.25) is 0 Å². The molecule has 0 unspecified atom stereocenters. The summed E-state index contributed by atoms with van der Waals surface area (Å²) < 4.78 is 0. The van der Waals surface area contributed by atoms with Gasteiger partial charge in [-0.15, -0.1) is 0 Å². The quantitative estimate of drug-likeness (QED) is 0.800. The lowest BCUT2D eigenvalue weighted by Crippen LogP contribution is -2.24. The number of rotatable bonds is 2. The smallest absolute Gasteiger partial charge is 0.0672 e. The van der Waals surface area contributed by atoms with Gasteiger partial charge in [-0.25, -0.2) is 0 Å². The lowest BCUT2D eigenvalue weighted by atomic mass is 9.85. The fourth-order valence-electron chi connectivity index (χ4n) is 3.12. The number of nitrogens with one attached hydrogen (secondary N) is 2. The van der Waals surface area contributed by atoms with Crippen LogP contribution < -0.4 is 5.32 Å². The summed E-state index contributed by atoms with van der Waals surface area (Å²) in [5.74, 6) is 0.892. The Balaban J connectivity index is 1.71. The van der Waals surface area contributed by atoms with Gasteiger partial charge in [0.1, 0.15) is 0 Å². The van der Waals surface area contributed by atoms with Gasteiger partial charge in [0, 0.05) is 30.8 Å². The van der Waals surface area contributed by atoms with Crippen LogP contribution in [-0.2, 0) is 19.4 Å². The van der Waals surface area contributed by atoms with E-state index in [9.17, 15) is 0 Å². The molecule has 1 aliphatic carbocycles. The highest BCUT2D eigenvalue weighted by molar-refractivity contribution is 5.27. The zero-order valence-electron chi connectivity index (χ0n) is 9.89. The lowest BCUT2D eigenvalue weighted by molar-refractivity contribution is 0.353. The predicted octanol–water partition coefficient (Wildman–Crippen LogP) is 2.18. The molecule has 2 N–H and O–H groups in total. The van der Waals surface area contributed by atoms with Gasteiger partial charge in [-0.05, 0) is 12.3 Å². The molecule has 16 heavy (non-hydrogen) atoms. The van der Waals surface area contributed by atoms with E-state index in [0.717, 1.165) is 25.4 Å². The van der Waals surface area contributed by atoms with Crippen molar-refractivity contribution in [2.24, 2.45) is 5.92 Å². The third-order valence-electron chi connectivity index (χ3n) is 4.10. The second kappa shape index (κ2) is 4.58. The van der Waals surface area contributed by atoms with Crippen molar-refractivity contribution in [2.75, 3.05) is 6.54 Å². The first-order valence-electron chi connectivity index (χ1n) is 6.69. The van der Waals surface area contributed by atoms with E-state index >= 15 is 0 Å². The van der Waals surface area contributed by atoms with Gasteiger partial charge in [0.2, 0.25) is 0 Å². The Bertz CT molecular complexity index is 350. The minimum atomic E-state index is 0.892. The average Bonchev–Trinajstić information content (AvgIpc) is 2.74. The average molecular weight is 219 g/mol. The van der Waals surface area contributed by atoms with E-state index in [-0.39, 0.29) is 0 Å². The van der Waals surface area contributed by atoms with Crippen LogP contribution >= 0.6 is 0 Å². The summed E-state index contributed by atoms with van der Waals surface area (Å²) in [7, 11) is 0. The van der Waals surface area contributed by atoms with Crippen LogP contribution in [0.5, 0.6) is 0 Å². The summed E-state index contributed by atoms with van der Waals surface area (Å²) >= 11 is 0. The molecule has 2 aliphatic rings. The van der Waals surface area contributed by atoms with Gasteiger partial charge < -0.3 is 5.32 Å². The Morgan fingerprint density at radius 1 is 1.19 bits per heavy atom. The summed E-state index contributed by atoms with van der Waals surface area (Å²) in [4.78, 5) is 0. The molecule has 1 aromatic rings. The third kappa shape index (κ3) is 2.01. The molecule has 1 saturated carbocycles. The zero-order chi connectivity index (χ0) is 10.8. The Labute approximate surface area is 97.0 Å². The van der Waals surface area contributed by atoms with Crippen LogP contribution in [0.25, 0.3) is 0 Å². The first-order valence-corrected chi connectivity index (χ1v) is 6.69. The summed E-state index contributed by atoms with van der Waals surface area (Å²) in [5.41, 5.74) is 4.19. The molecule has 2 heterocycles. The molecule has 88 valence electrons. The van der Waals surface area contributed by atoms with Crippen LogP contribution in [-0.4, -0.2) is 16.7 Å². The van der Waals surface area contributed by atoms with Gasteiger partial charge in [0.15, 0.2) is 0 Å². The molecule has 0 spiro atoms. The van der Waals surface area contributed by atoms with E-state index in [4.69, 9.17) is 0 Å². The third-order valence-corrected chi connectivity index (χ3v) is 4.10. The standard InChI is InChI=1S/C13H21N3/c1-2-4-10(5-3-1)8-13-11-9-14-7-6-12(11)15-16-13/h10,14H,1-9H2,(H,15,16). The Morgan fingerprint density at radius 3 is 2.94 bits per heavy atom. The maximum atomic E-state index is 4.53. The number of fused-ring (bicyclic) bond motifs is 1. The van der Waals surface area contributed by atoms with Crippen molar-refractivity contribution in [2.45, 2.75) is 51.5 Å². The topological polar surface area (TPSA) is 40.7 Å². The Hall–Kier alpha value is -0.830. The fourth-order valence-corrected chi connectivity index (χ4v) is 3.12. The maximum absolute atomic E-state index is 4.53. The van der Waals surface area contributed by atoms with Crippen LogP contribution in [0.15, 0.2) is 0 Å². The van der Waals surface area contributed by atoms with E-state index in [1.807, 2.05) is 0 Å². The van der Waals surface area contributed by atoms with Crippen molar-refractivity contribution in [3.8, 4) is 0 Å². The first-order chi connectivity index (χ1) is 7.93. The van der Waals surface area contributed by atoms with Crippen LogP contribution in [0, 0.1) is 5.92 Å². The number of hydrogen-bond donors (Lipinski definition) is 2. The predicted molar refractivity (Wildman–Crippen MR) is 64.3 cm³/mol. The Morgan fingerprint density at radius 2 is 2.06 bits per heavy atom. The van der Waals surface area contributed by atoms with Gasteiger partial charge in [-0.1, -0.05) is 32.1 Å². The van der Waals surface area contributed by atoms with Gasteiger partial charge in [0.05, 0.1) is 5.69 Å². The number of aromatic nitrogens is 2. The summed E-state index contributed by atoms with van der Waals surface area (Å²) in [6.45, 7) is 2.12. The molecule has 1 aromatic heterocycles. The van der Waals surface area contributed by atoms with E-state index in [1.165, 1.54) is 55.5 Å². The van der Waals surface area contributed by atoms with Gasteiger partial charge in [-0.2, -0.15) is 5.10 Å². The SMILES string of the molecule is C1CCC(Cc2n[nH]c3c2CNCC3)CC1.